The van der Waals surface area contributed by atoms with Crippen molar-refractivity contribution in [3.05, 3.63) is 51.0 Å². The summed E-state index contributed by atoms with van der Waals surface area (Å²) in [5, 5.41) is 3.26. The van der Waals surface area contributed by atoms with Crippen LogP contribution in [0.15, 0.2) is 45.5 Å². The quantitative estimate of drug-likeness (QED) is 0.803. The van der Waals surface area contributed by atoms with Crippen molar-refractivity contribution >= 4 is 43.4 Å². The average Bonchev–Trinajstić information content (AvgIpc) is 2.15. The van der Waals surface area contributed by atoms with Crippen molar-refractivity contribution in [2.24, 2.45) is 0 Å². The van der Waals surface area contributed by atoms with Crippen LogP contribution in [0.25, 0.3) is 0 Å². The van der Waals surface area contributed by atoms with Crippen molar-refractivity contribution in [2.45, 2.75) is 6.92 Å². The van der Waals surface area contributed by atoms with Crippen LogP contribution in [0.4, 0.5) is 11.5 Å². The number of pyridine rings is 1. The first-order valence-corrected chi connectivity index (χ1v) is 6.39. The molecule has 0 atom stereocenters. The van der Waals surface area contributed by atoms with Gasteiger partial charge < -0.3 is 5.32 Å². The van der Waals surface area contributed by atoms with Crippen molar-refractivity contribution in [2.75, 3.05) is 5.32 Å². The highest BCUT2D eigenvalue weighted by Crippen LogP contribution is 2.22. The maximum Gasteiger partial charge on any atom is 0.131 e. The summed E-state index contributed by atoms with van der Waals surface area (Å²) in [6, 6.07) is 11.9. The molecule has 0 bridgehead atoms. The van der Waals surface area contributed by atoms with E-state index in [1.165, 1.54) is 5.56 Å². The van der Waals surface area contributed by atoms with Gasteiger partial charge in [-0.25, -0.2) is 4.98 Å². The van der Waals surface area contributed by atoms with Gasteiger partial charge in [-0.1, -0.05) is 22.0 Å². The molecule has 1 aromatic heterocycles. The van der Waals surface area contributed by atoms with Crippen molar-refractivity contribution in [3.8, 4) is 0 Å². The molecule has 0 aliphatic heterocycles. The van der Waals surface area contributed by atoms with Crippen molar-refractivity contribution in [1.29, 1.82) is 0 Å². The number of nitrogens with zero attached hydrogens (tertiary/aromatic N) is 1. The monoisotopic (exact) mass is 340 g/mol. The maximum absolute atomic E-state index is 4.32. The lowest BCUT2D eigenvalue weighted by Crippen LogP contribution is -1.93. The summed E-state index contributed by atoms with van der Waals surface area (Å²) in [5.74, 6) is 0.826. The molecule has 0 spiro atoms. The molecule has 1 aromatic carbocycles. The Labute approximate surface area is 111 Å². The third-order valence-electron chi connectivity index (χ3n) is 2.03. The van der Waals surface area contributed by atoms with Crippen LogP contribution in [-0.4, -0.2) is 4.98 Å². The summed E-state index contributed by atoms with van der Waals surface area (Å²) in [7, 11) is 0. The number of benzene rings is 1. The van der Waals surface area contributed by atoms with E-state index in [-0.39, 0.29) is 0 Å². The first-order chi connectivity index (χ1) is 7.63. The lowest BCUT2D eigenvalue weighted by molar-refractivity contribution is 1.26. The first kappa shape index (κ1) is 11.6. The van der Waals surface area contributed by atoms with Crippen LogP contribution in [0.1, 0.15) is 5.56 Å². The predicted molar refractivity (Wildman–Crippen MR) is 74.1 cm³/mol. The maximum atomic E-state index is 4.32. The molecule has 0 aliphatic rings. The van der Waals surface area contributed by atoms with E-state index < -0.39 is 0 Å². The van der Waals surface area contributed by atoms with E-state index >= 15 is 0 Å². The van der Waals surface area contributed by atoms with Crippen LogP contribution in [-0.2, 0) is 0 Å². The Morgan fingerprint density at radius 1 is 1.12 bits per heavy atom. The highest BCUT2D eigenvalue weighted by Gasteiger charge is 1.99. The van der Waals surface area contributed by atoms with Gasteiger partial charge in [-0.05, 0) is 58.7 Å². The minimum absolute atomic E-state index is 0.823. The molecule has 0 saturated heterocycles. The van der Waals surface area contributed by atoms with E-state index in [0.29, 0.717) is 0 Å². The Kier molecular flexibility index (Phi) is 3.61. The molecule has 4 heteroatoms. The molecule has 0 radical (unpaired) electrons. The molecule has 1 heterocycles. The summed E-state index contributed by atoms with van der Waals surface area (Å²) in [4.78, 5) is 4.32. The summed E-state index contributed by atoms with van der Waals surface area (Å²) in [6.07, 6.45) is 0. The molecule has 0 aliphatic carbocycles. The second kappa shape index (κ2) is 4.97. The fraction of sp³-hybridized carbons (Fsp3) is 0.0833. The number of hydrogen-bond donors (Lipinski definition) is 1. The molecule has 1 N–H and O–H groups in total. The Bertz CT molecular complexity index is 492. The van der Waals surface area contributed by atoms with Gasteiger partial charge in [-0.2, -0.15) is 0 Å². The molecule has 2 aromatic rings. The molecule has 2 rings (SSSR count). The van der Waals surface area contributed by atoms with Crippen molar-refractivity contribution in [1.82, 2.24) is 4.98 Å². The van der Waals surface area contributed by atoms with Gasteiger partial charge in [-0.3, -0.25) is 0 Å². The van der Waals surface area contributed by atoms with Gasteiger partial charge in [0.05, 0.1) is 0 Å². The number of aromatic nitrogens is 1. The molecule has 0 fully saturated rings. The zero-order valence-corrected chi connectivity index (χ0v) is 11.8. The number of aryl methyl sites for hydroxylation is 1. The molecular formula is C12H10Br2N2. The Balaban J connectivity index is 2.27. The predicted octanol–water partition coefficient (Wildman–Crippen LogP) is 4.66. The van der Waals surface area contributed by atoms with Crippen LogP contribution >= 0.6 is 31.9 Å². The van der Waals surface area contributed by atoms with Crippen LogP contribution in [0.2, 0.25) is 0 Å². The second-order valence-electron chi connectivity index (χ2n) is 3.49. The van der Waals surface area contributed by atoms with Crippen molar-refractivity contribution in [3.63, 3.8) is 0 Å². The topological polar surface area (TPSA) is 24.9 Å². The van der Waals surface area contributed by atoms with Crippen LogP contribution in [0.3, 0.4) is 0 Å². The number of rotatable bonds is 2. The van der Waals surface area contributed by atoms with E-state index in [2.05, 4.69) is 61.2 Å². The molecule has 82 valence electrons. The van der Waals surface area contributed by atoms with Crippen LogP contribution in [0.5, 0.6) is 0 Å². The Hall–Kier alpha value is -0.870. The zero-order valence-electron chi connectivity index (χ0n) is 8.67. The highest BCUT2D eigenvalue weighted by molar-refractivity contribution is 9.10. The average molecular weight is 342 g/mol. The third kappa shape index (κ3) is 3.06. The first-order valence-electron chi connectivity index (χ1n) is 4.80. The standard InChI is InChI=1S/C12H10Br2N2/c1-8-5-9(13)7-10(6-8)15-12-4-2-3-11(14)16-12/h2-7H,1H3,(H,15,16). The normalized spacial score (nSPS) is 10.2. The van der Waals surface area contributed by atoms with Gasteiger partial charge in [0.2, 0.25) is 0 Å². The number of hydrogen-bond acceptors (Lipinski definition) is 2. The Morgan fingerprint density at radius 2 is 1.94 bits per heavy atom. The number of nitrogens with one attached hydrogen (secondary N) is 1. The van der Waals surface area contributed by atoms with E-state index in [9.17, 15) is 0 Å². The van der Waals surface area contributed by atoms with Gasteiger partial charge in [-0.15, -0.1) is 0 Å². The minimum atomic E-state index is 0.823. The minimum Gasteiger partial charge on any atom is -0.340 e. The summed E-state index contributed by atoms with van der Waals surface area (Å²) in [6.45, 7) is 2.06. The summed E-state index contributed by atoms with van der Waals surface area (Å²) >= 11 is 6.82. The van der Waals surface area contributed by atoms with Crippen molar-refractivity contribution < 1.29 is 0 Å². The Morgan fingerprint density at radius 3 is 2.62 bits per heavy atom. The fourth-order valence-corrected chi connectivity index (χ4v) is 2.39. The fourth-order valence-electron chi connectivity index (χ4n) is 1.43. The zero-order chi connectivity index (χ0) is 11.5. The molecule has 16 heavy (non-hydrogen) atoms. The summed E-state index contributed by atoms with van der Waals surface area (Å²) < 4.78 is 1.88. The van der Waals surface area contributed by atoms with Gasteiger partial charge in [0.25, 0.3) is 0 Å². The van der Waals surface area contributed by atoms with E-state index in [1.807, 2.05) is 24.3 Å². The van der Waals surface area contributed by atoms with Crippen LogP contribution in [0, 0.1) is 6.92 Å². The molecule has 0 saturated carbocycles. The molecule has 2 nitrogen and oxygen atoms in total. The summed E-state index contributed by atoms with van der Waals surface area (Å²) in [5.41, 5.74) is 2.23. The van der Waals surface area contributed by atoms with E-state index in [0.717, 1.165) is 20.6 Å². The van der Waals surface area contributed by atoms with Gasteiger partial charge in [0.15, 0.2) is 0 Å². The SMILES string of the molecule is Cc1cc(Br)cc(Nc2cccc(Br)n2)c1. The van der Waals surface area contributed by atoms with E-state index in [1.54, 1.807) is 0 Å². The third-order valence-corrected chi connectivity index (χ3v) is 2.93. The van der Waals surface area contributed by atoms with Gasteiger partial charge in [0, 0.05) is 10.2 Å². The van der Waals surface area contributed by atoms with Gasteiger partial charge >= 0.3 is 0 Å². The number of anilines is 2. The molecular weight excluding hydrogens is 332 g/mol. The smallest absolute Gasteiger partial charge is 0.131 e. The van der Waals surface area contributed by atoms with Gasteiger partial charge in [0.1, 0.15) is 10.4 Å². The number of halogens is 2. The highest BCUT2D eigenvalue weighted by atomic mass is 79.9. The second-order valence-corrected chi connectivity index (χ2v) is 5.22. The van der Waals surface area contributed by atoms with Crippen LogP contribution < -0.4 is 5.32 Å². The largest absolute Gasteiger partial charge is 0.340 e. The molecule has 0 amide bonds. The van der Waals surface area contributed by atoms with E-state index in [4.69, 9.17) is 0 Å². The lowest BCUT2D eigenvalue weighted by atomic mass is 10.2. The molecule has 0 unspecified atom stereocenters. The lowest BCUT2D eigenvalue weighted by Gasteiger charge is -2.07.